The number of alkyl halides is 6. The lowest BCUT2D eigenvalue weighted by Crippen LogP contribution is -2.21. The maximum absolute atomic E-state index is 10.6. The monoisotopic (exact) mass is 478 g/mol. The summed E-state index contributed by atoms with van der Waals surface area (Å²) in [5, 5.41) is 39.7. The highest BCUT2D eigenvalue weighted by molar-refractivity contribution is 7.57. The fourth-order valence-corrected chi connectivity index (χ4v) is 3.29. The number of aliphatic carboxylic acids is 5. The van der Waals surface area contributed by atoms with Crippen molar-refractivity contribution in [3.63, 3.8) is 0 Å². The molecule has 176 valence electrons. The van der Waals surface area contributed by atoms with Crippen molar-refractivity contribution in [3.05, 3.63) is 0 Å². The minimum absolute atomic E-state index is 0.0229. The number of carboxylic acids is 5. The van der Waals surface area contributed by atoms with E-state index in [1.54, 1.807) is 0 Å². The topological polar surface area (TPSA) is 186 Å². The quantitative estimate of drug-likeness (QED) is 0.243. The zero-order chi connectivity index (χ0) is 24.7. The van der Waals surface area contributed by atoms with Crippen LogP contribution in [0.25, 0.3) is 0 Å². The first-order chi connectivity index (χ1) is 13.3. The molecule has 17 heteroatoms. The lowest BCUT2D eigenvalue weighted by molar-refractivity contribution is -0.193. The lowest BCUT2D eigenvalue weighted by atomic mass is 10.5. The van der Waals surface area contributed by atoms with E-state index < -0.39 is 50.1 Å². The van der Waals surface area contributed by atoms with Crippen molar-refractivity contribution in [1.29, 1.82) is 0 Å². The third-order valence-corrected chi connectivity index (χ3v) is 4.98. The van der Waals surface area contributed by atoms with Gasteiger partial charge in [-0.15, -0.1) is 7.92 Å². The molecular formula is C13H17F6O10P. The number of rotatable bonds is 9. The van der Waals surface area contributed by atoms with Crippen LogP contribution in [0.5, 0.6) is 0 Å². The molecular weight excluding hydrogens is 461 g/mol. The van der Waals surface area contributed by atoms with Gasteiger partial charge in [-0.3, -0.25) is 14.4 Å². The standard InChI is InChI=1S/C9H15O6P.2C2HF3O2/c10-7(11)1-4-16(5-2-8(12)13)6-3-9(14)15;2*3-2(4,5)1(6)7/h1-6H2,(H,10,11)(H,12,13)(H,14,15);2*(H,6,7). The molecule has 0 saturated carbocycles. The molecule has 0 unspecified atom stereocenters. The van der Waals surface area contributed by atoms with Crippen LogP contribution in [-0.4, -0.2) is 86.2 Å². The van der Waals surface area contributed by atoms with E-state index in [0.29, 0.717) is 18.5 Å². The molecule has 5 N–H and O–H groups in total. The first-order valence-electron chi connectivity index (χ1n) is 7.28. The lowest BCUT2D eigenvalue weighted by Gasteiger charge is -2.14. The Labute approximate surface area is 164 Å². The molecule has 30 heavy (non-hydrogen) atoms. The summed E-state index contributed by atoms with van der Waals surface area (Å²) in [5.41, 5.74) is 0. The average Bonchev–Trinajstić information content (AvgIpc) is 2.52. The van der Waals surface area contributed by atoms with E-state index >= 15 is 0 Å². The average molecular weight is 478 g/mol. The fourth-order valence-electron chi connectivity index (χ4n) is 1.10. The summed E-state index contributed by atoms with van der Waals surface area (Å²) in [6, 6.07) is 0. The second kappa shape index (κ2) is 15.2. The van der Waals surface area contributed by atoms with Gasteiger partial charge in [0.05, 0.1) is 0 Å². The van der Waals surface area contributed by atoms with Crippen LogP contribution >= 0.6 is 7.92 Å². The van der Waals surface area contributed by atoms with Crippen molar-refractivity contribution in [2.45, 2.75) is 31.6 Å². The van der Waals surface area contributed by atoms with Gasteiger partial charge >= 0.3 is 42.2 Å². The van der Waals surface area contributed by atoms with Crippen molar-refractivity contribution in [3.8, 4) is 0 Å². The highest BCUT2D eigenvalue weighted by Crippen LogP contribution is 2.37. The molecule has 0 bridgehead atoms. The van der Waals surface area contributed by atoms with Crippen LogP contribution in [0.2, 0.25) is 0 Å². The second-order valence-electron chi connectivity index (χ2n) is 4.88. The molecule has 0 amide bonds. The number of hydrogen-bond donors (Lipinski definition) is 5. The molecule has 0 spiro atoms. The van der Waals surface area contributed by atoms with Crippen LogP contribution in [0.1, 0.15) is 19.3 Å². The van der Waals surface area contributed by atoms with Gasteiger partial charge in [0, 0.05) is 19.3 Å². The molecule has 0 aromatic heterocycles. The highest BCUT2D eigenvalue weighted by atomic mass is 31.1. The van der Waals surface area contributed by atoms with Gasteiger partial charge in [0.1, 0.15) is 0 Å². The summed E-state index contributed by atoms with van der Waals surface area (Å²) in [6.45, 7) is 0. The third-order valence-electron chi connectivity index (χ3n) is 2.41. The molecule has 10 nitrogen and oxygen atoms in total. The predicted octanol–water partition coefficient (Wildman–Crippen LogP) is 2.16. The summed E-state index contributed by atoms with van der Waals surface area (Å²) < 4.78 is 63.5. The van der Waals surface area contributed by atoms with E-state index in [9.17, 15) is 40.7 Å². The van der Waals surface area contributed by atoms with Crippen LogP contribution in [0.4, 0.5) is 26.3 Å². The summed E-state index contributed by atoms with van der Waals surface area (Å²) in [4.78, 5) is 48.9. The minimum atomic E-state index is -5.08. The molecule has 0 fully saturated rings. The second-order valence-corrected chi connectivity index (χ2v) is 7.56. The van der Waals surface area contributed by atoms with Gasteiger partial charge in [0.15, 0.2) is 0 Å². The van der Waals surface area contributed by atoms with E-state index in [2.05, 4.69) is 0 Å². The summed E-state index contributed by atoms with van der Waals surface area (Å²) in [5.74, 6) is -8.31. The molecule has 0 aromatic carbocycles. The SMILES string of the molecule is O=C(O)C(F)(F)F.O=C(O)C(F)(F)F.O=C(O)CCP(CCC(=O)O)CCC(=O)O. The van der Waals surface area contributed by atoms with Crippen molar-refractivity contribution in [2.75, 3.05) is 18.5 Å². The molecule has 0 radical (unpaired) electrons. The first kappa shape index (κ1) is 32.0. The fraction of sp³-hybridized carbons (Fsp3) is 0.615. The van der Waals surface area contributed by atoms with E-state index in [-0.39, 0.29) is 19.3 Å². The van der Waals surface area contributed by atoms with Gasteiger partial charge in [0.2, 0.25) is 0 Å². The zero-order valence-electron chi connectivity index (χ0n) is 14.7. The molecule has 0 aliphatic heterocycles. The van der Waals surface area contributed by atoms with Crippen LogP contribution in [0.15, 0.2) is 0 Å². The maximum atomic E-state index is 10.6. The van der Waals surface area contributed by atoms with Gasteiger partial charge in [-0.25, -0.2) is 9.59 Å². The number of hydrogen-bond acceptors (Lipinski definition) is 5. The Morgan fingerprint density at radius 3 is 0.800 bits per heavy atom. The number of carbonyl (C=O) groups is 5. The Balaban J connectivity index is -0.000000430. The van der Waals surface area contributed by atoms with E-state index in [1.165, 1.54) is 0 Å². The molecule has 0 heterocycles. The van der Waals surface area contributed by atoms with Crippen molar-refractivity contribution >= 4 is 37.8 Å². The Kier molecular flexibility index (Phi) is 16.3. The van der Waals surface area contributed by atoms with Gasteiger partial charge in [-0.2, -0.15) is 26.3 Å². The summed E-state index contributed by atoms with van der Waals surface area (Å²) in [6.07, 6.45) is -9.05. The molecule has 0 aliphatic rings. The van der Waals surface area contributed by atoms with Crippen LogP contribution in [0.3, 0.4) is 0 Å². The zero-order valence-corrected chi connectivity index (χ0v) is 15.6. The smallest absolute Gasteiger partial charge is 0.481 e. The molecule has 0 aliphatic carbocycles. The molecule has 0 atom stereocenters. The van der Waals surface area contributed by atoms with Gasteiger partial charge in [-0.05, 0) is 18.5 Å². The first-order valence-corrected chi connectivity index (χ1v) is 9.18. The van der Waals surface area contributed by atoms with Crippen molar-refractivity contribution in [1.82, 2.24) is 0 Å². The number of carboxylic acid groups (broad SMARTS) is 5. The Bertz CT molecular complexity index is 523. The Morgan fingerprint density at radius 2 is 0.700 bits per heavy atom. The van der Waals surface area contributed by atoms with Gasteiger partial charge in [0.25, 0.3) is 0 Å². The van der Waals surface area contributed by atoms with Crippen molar-refractivity contribution in [2.24, 2.45) is 0 Å². The third kappa shape index (κ3) is 25.4. The van der Waals surface area contributed by atoms with E-state index in [1.807, 2.05) is 0 Å². The van der Waals surface area contributed by atoms with Crippen LogP contribution < -0.4 is 0 Å². The Morgan fingerprint density at radius 1 is 0.533 bits per heavy atom. The molecule has 0 rings (SSSR count). The molecule has 0 saturated heterocycles. The van der Waals surface area contributed by atoms with Gasteiger partial charge in [-0.1, -0.05) is 0 Å². The Hall–Kier alpha value is -2.64. The van der Waals surface area contributed by atoms with Crippen LogP contribution in [0, 0.1) is 0 Å². The van der Waals surface area contributed by atoms with Crippen LogP contribution in [-0.2, 0) is 24.0 Å². The predicted molar refractivity (Wildman–Crippen MR) is 85.7 cm³/mol. The highest BCUT2D eigenvalue weighted by Gasteiger charge is 2.38. The molecule has 0 aromatic rings. The maximum Gasteiger partial charge on any atom is 0.490 e. The van der Waals surface area contributed by atoms with Crippen molar-refractivity contribution < 1.29 is 75.8 Å². The number of halogens is 6. The minimum Gasteiger partial charge on any atom is -0.481 e. The summed E-state index contributed by atoms with van der Waals surface area (Å²) >= 11 is 0. The van der Waals surface area contributed by atoms with Gasteiger partial charge < -0.3 is 25.5 Å². The largest absolute Gasteiger partial charge is 0.490 e. The normalized spacial score (nSPS) is 10.8. The van der Waals surface area contributed by atoms with E-state index in [0.717, 1.165) is 0 Å². The van der Waals surface area contributed by atoms with E-state index in [4.69, 9.17) is 35.1 Å². The summed E-state index contributed by atoms with van der Waals surface area (Å²) in [7, 11) is -0.801.